The van der Waals surface area contributed by atoms with Gasteiger partial charge in [0.1, 0.15) is 0 Å². The van der Waals surface area contributed by atoms with Gasteiger partial charge in [-0.05, 0) is 42.1 Å². The van der Waals surface area contributed by atoms with E-state index in [1.54, 1.807) is 25.1 Å². The molecule has 0 aliphatic heterocycles. The van der Waals surface area contributed by atoms with E-state index in [2.05, 4.69) is 4.72 Å². The molecule has 0 spiro atoms. The number of hydrogen-bond acceptors (Lipinski definition) is 3. The third-order valence-electron chi connectivity index (χ3n) is 3.24. The van der Waals surface area contributed by atoms with Gasteiger partial charge in [0.2, 0.25) is 15.3 Å². The highest BCUT2D eigenvalue weighted by molar-refractivity contribution is 7.89. The Morgan fingerprint density at radius 1 is 1.09 bits per heavy atom. The van der Waals surface area contributed by atoms with E-state index in [4.69, 9.17) is 11.6 Å². The smallest absolute Gasteiger partial charge is 0.241 e. The van der Waals surface area contributed by atoms with Crippen molar-refractivity contribution in [2.24, 2.45) is 0 Å². The van der Waals surface area contributed by atoms with E-state index in [0.717, 1.165) is 5.56 Å². The van der Waals surface area contributed by atoms with Gasteiger partial charge >= 0.3 is 0 Å². The zero-order valence-electron chi connectivity index (χ0n) is 12.0. The van der Waals surface area contributed by atoms with Crippen LogP contribution in [0.15, 0.2) is 59.5 Å². The minimum absolute atomic E-state index is 0.144. The average molecular weight is 338 g/mol. The SMILES string of the molecule is Cc1ccccc1S(=O)(=O)NC(Cc1ccccc1)C(=O)Cl. The van der Waals surface area contributed by atoms with E-state index in [1.165, 1.54) is 6.07 Å². The van der Waals surface area contributed by atoms with Crippen LogP contribution in [0.1, 0.15) is 11.1 Å². The summed E-state index contributed by atoms with van der Waals surface area (Å²) in [4.78, 5) is 11.7. The van der Waals surface area contributed by atoms with Gasteiger partial charge in [0.15, 0.2) is 0 Å². The van der Waals surface area contributed by atoms with Crippen LogP contribution in [0, 0.1) is 6.92 Å². The number of rotatable bonds is 6. The van der Waals surface area contributed by atoms with Crippen LogP contribution in [-0.4, -0.2) is 19.7 Å². The summed E-state index contributed by atoms with van der Waals surface area (Å²) in [5.74, 6) is 0. The maximum absolute atomic E-state index is 12.4. The molecule has 0 radical (unpaired) electrons. The molecule has 2 rings (SSSR count). The summed E-state index contributed by atoms with van der Waals surface area (Å²) in [5, 5.41) is -0.735. The lowest BCUT2D eigenvalue weighted by atomic mass is 10.1. The molecule has 0 saturated carbocycles. The summed E-state index contributed by atoms with van der Waals surface area (Å²) in [7, 11) is -3.81. The maximum atomic E-state index is 12.4. The number of nitrogens with one attached hydrogen (secondary N) is 1. The number of sulfonamides is 1. The summed E-state index contributed by atoms with van der Waals surface area (Å²) in [6, 6.07) is 14.7. The van der Waals surface area contributed by atoms with Crippen LogP contribution >= 0.6 is 11.6 Å². The molecule has 4 nitrogen and oxygen atoms in total. The van der Waals surface area contributed by atoms with E-state index < -0.39 is 21.3 Å². The van der Waals surface area contributed by atoms with Crippen LogP contribution in [0.2, 0.25) is 0 Å². The van der Waals surface area contributed by atoms with Gasteiger partial charge < -0.3 is 0 Å². The summed E-state index contributed by atoms with van der Waals surface area (Å²) in [6.07, 6.45) is 0.203. The van der Waals surface area contributed by atoms with E-state index in [0.29, 0.717) is 5.56 Å². The molecule has 2 aromatic rings. The molecule has 1 unspecified atom stereocenters. The normalized spacial score (nSPS) is 12.8. The van der Waals surface area contributed by atoms with Crippen molar-refractivity contribution in [3.63, 3.8) is 0 Å². The molecule has 0 aliphatic carbocycles. The van der Waals surface area contributed by atoms with Gasteiger partial charge in [-0.15, -0.1) is 0 Å². The molecule has 0 amide bonds. The van der Waals surface area contributed by atoms with Crippen LogP contribution in [0.25, 0.3) is 0 Å². The highest BCUT2D eigenvalue weighted by atomic mass is 35.5. The van der Waals surface area contributed by atoms with Gasteiger partial charge in [-0.25, -0.2) is 8.42 Å². The van der Waals surface area contributed by atoms with Crippen molar-refractivity contribution in [2.75, 3.05) is 0 Å². The number of carbonyl (C=O) groups is 1. The lowest BCUT2D eigenvalue weighted by molar-refractivity contribution is -0.113. The predicted octanol–water partition coefficient (Wildman–Crippen LogP) is 2.65. The van der Waals surface area contributed by atoms with Crippen molar-refractivity contribution >= 4 is 26.9 Å². The first kappa shape index (κ1) is 16.7. The van der Waals surface area contributed by atoms with Crippen molar-refractivity contribution in [3.8, 4) is 0 Å². The van der Waals surface area contributed by atoms with Crippen molar-refractivity contribution < 1.29 is 13.2 Å². The fraction of sp³-hybridized carbons (Fsp3) is 0.188. The van der Waals surface area contributed by atoms with Crippen molar-refractivity contribution in [1.82, 2.24) is 4.72 Å². The first-order chi connectivity index (χ1) is 10.4. The van der Waals surface area contributed by atoms with Gasteiger partial charge in [0, 0.05) is 0 Å². The Bertz CT molecular complexity index is 760. The molecule has 0 heterocycles. The standard InChI is InChI=1S/C16H16ClNO3S/c1-12-7-5-6-10-15(12)22(20,21)18-14(16(17)19)11-13-8-3-2-4-9-13/h2-10,14,18H,11H2,1H3. The summed E-state index contributed by atoms with van der Waals surface area (Å²) in [5.41, 5.74) is 1.43. The molecule has 0 fully saturated rings. The Labute approximate surface area is 135 Å². The summed E-state index contributed by atoms with van der Waals surface area (Å²) >= 11 is 5.56. The molecule has 0 aromatic heterocycles. The van der Waals surface area contributed by atoms with Gasteiger partial charge in [0.25, 0.3) is 0 Å². The van der Waals surface area contributed by atoms with Crippen LogP contribution in [0.4, 0.5) is 0 Å². The van der Waals surface area contributed by atoms with E-state index >= 15 is 0 Å². The lowest BCUT2D eigenvalue weighted by Gasteiger charge is -2.16. The van der Waals surface area contributed by atoms with Gasteiger partial charge in [-0.1, -0.05) is 48.5 Å². The number of aryl methyl sites for hydroxylation is 1. The second-order valence-electron chi connectivity index (χ2n) is 4.93. The van der Waals surface area contributed by atoms with Gasteiger partial charge in [-0.3, -0.25) is 4.79 Å². The van der Waals surface area contributed by atoms with Crippen molar-refractivity contribution in [1.29, 1.82) is 0 Å². The molecule has 0 aliphatic rings. The predicted molar refractivity (Wildman–Crippen MR) is 86.3 cm³/mol. The molecule has 0 bridgehead atoms. The fourth-order valence-corrected chi connectivity index (χ4v) is 3.76. The zero-order valence-corrected chi connectivity index (χ0v) is 13.6. The van der Waals surface area contributed by atoms with Crippen LogP contribution < -0.4 is 4.72 Å². The second kappa shape index (κ2) is 7.05. The number of carbonyl (C=O) groups excluding carboxylic acids is 1. The Hall–Kier alpha value is -1.69. The third-order valence-corrected chi connectivity index (χ3v) is 5.13. The molecule has 0 saturated heterocycles. The van der Waals surface area contributed by atoms with Crippen molar-refractivity contribution in [2.45, 2.75) is 24.3 Å². The molecular formula is C16H16ClNO3S. The molecule has 6 heteroatoms. The largest absolute Gasteiger partial charge is 0.279 e. The Kier molecular flexibility index (Phi) is 5.34. The van der Waals surface area contributed by atoms with E-state index in [9.17, 15) is 13.2 Å². The topological polar surface area (TPSA) is 63.2 Å². The second-order valence-corrected chi connectivity index (χ2v) is 6.99. The van der Waals surface area contributed by atoms with Gasteiger partial charge in [-0.2, -0.15) is 4.72 Å². The monoisotopic (exact) mass is 337 g/mol. The summed E-state index contributed by atoms with van der Waals surface area (Å²) < 4.78 is 27.3. The van der Waals surface area contributed by atoms with Crippen LogP contribution in [0.3, 0.4) is 0 Å². The van der Waals surface area contributed by atoms with Crippen molar-refractivity contribution in [3.05, 3.63) is 65.7 Å². The molecule has 2 aromatic carbocycles. The quantitative estimate of drug-likeness (QED) is 0.824. The Balaban J connectivity index is 2.24. The zero-order chi connectivity index (χ0) is 16.2. The molecular weight excluding hydrogens is 322 g/mol. The molecule has 1 N–H and O–H groups in total. The molecule has 1 atom stereocenters. The van der Waals surface area contributed by atoms with Crippen LogP contribution in [0.5, 0.6) is 0 Å². The highest BCUT2D eigenvalue weighted by Gasteiger charge is 2.25. The number of halogens is 1. The van der Waals surface area contributed by atoms with E-state index in [1.807, 2.05) is 30.3 Å². The lowest BCUT2D eigenvalue weighted by Crippen LogP contribution is -2.40. The minimum atomic E-state index is -3.81. The molecule has 22 heavy (non-hydrogen) atoms. The number of benzene rings is 2. The highest BCUT2D eigenvalue weighted by Crippen LogP contribution is 2.16. The third kappa shape index (κ3) is 4.16. The Morgan fingerprint density at radius 2 is 1.68 bits per heavy atom. The first-order valence-electron chi connectivity index (χ1n) is 6.71. The first-order valence-corrected chi connectivity index (χ1v) is 8.57. The summed E-state index contributed by atoms with van der Waals surface area (Å²) in [6.45, 7) is 1.70. The van der Waals surface area contributed by atoms with Crippen LogP contribution in [-0.2, 0) is 21.2 Å². The number of hydrogen-bond donors (Lipinski definition) is 1. The Morgan fingerprint density at radius 3 is 2.27 bits per heavy atom. The average Bonchev–Trinajstić information content (AvgIpc) is 2.47. The maximum Gasteiger partial charge on any atom is 0.241 e. The minimum Gasteiger partial charge on any atom is -0.279 e. The molecule has 116 valence electrons. The van der Waals surface area contributed by atoms with Gasteiger partial charge in [0.05, 0.1) is 10.9 Å². The fourth-order valence-electron chi connectivity index (χ4n) is 2.13. The van der Waals surface area contributed by atoms with E-state index in [-0.39, 0.29) is 11.3 Å².